The highest BCUT2D eigenvalue weighted by Gasteiger charge is 2.35. The highest BCUT2D eigenvalue weighted by atomic mass is 35.5. The molecule has 1 aromatic carbocycles. The molecule has 2 fully saturated rings. The van der Waals surface area contributed by atoms with Crippen molar-refractivity contribution in [2.24, 2.45) is 5.92 Å². The van der Waals surface area contributed by atoms with Crippen LogP contribution in [0.4, 0.5) is 8.78 Å². The highest BCUT2D eigenvalue weighted by molar-refractivity contribution is 6.36. The molecule has 31 heavy (non-hydrogen) atoms. The third-order valence-electron chi connectivity index (χ3n) is 6.17. The van der Waals surface area contributed by atoms with Crippen LogP contribution in [-0.2, 0) is 11.3 Å². The van der Waals surface area contributed by atoms with Crippen molar-refractivity contribution in [1.82, 2.24) is 14.8 Å². The molecule has 2 aliphatic rings. The van der Waals surface area contributed by atoms with Crippen LogP contribution in [0.1, 0.15) is 36.0 Å². The van der Waals surface area contributed by atoms with E-state index in [1.54, 1.807) is 17.2 Å². The van der Waals surface area contributed by atoms with E-state index < -0.39 is 5.92 Å². The van der Waals surface area contributed by atoms with E-state index in [-0.39, 0.29) is 30.8 Å². The highest BCUT2D eigenvalue weighted by Crippen LogP contribution is 2.36. The summed E-state index contributed by atoms with van der Waals surface area (Å²) in [5.41, 5.74) is 1.27. The Morgan fingerprint density at radius 2 is 2.13 bits per heavy atom. The number of ether oxygens (including phenoxy) is 1. The van der Waals surface area contributed by atoms with Crippen molar-refractivity contribution in [1.29, 1.82) is 5.26 Å². The summed E-state index contributed by atoms with van der Waals surface area (Å²) in [4.78, 5) is 14.6. The number of nitrogens with one attached hydrogen (secondary N) is 1. The predicted molar refractivity (Wildman–Crippen MR) is 113 cm³/mol. The fraction of sp³-hybridized carbons (Fsp3) is 0.545. The summed E-state index contributed by atoms with van der Waals surface area (Å²) in [5, 5.41) is 13.2. The Kier molecular flexibility index (Phi) is 6.35. The second-order valence-electron chi connectivity index (χ2n) is 8.38. The lowest BCUT2D eigenvalue weighted by molar-refractivity contribution is -0.0452. The fourth-order valence-corrected chi connectivity index (χ4v) is 4.68. The lowest BCUT2D eigenvalue weighted by atomic mass is 9.87. The molecule has 1 aromatic heterocycles. The van der Waals surface area contributed by atoms with E-state index in [2.05, 4.69) is 11.5 Å². The molecule has 0 radical (unpaired) electrons. The number of rotatable bonds is 5. The molecule has 1 unspecified atom stereocenters. The van der Waals surface area contributed by atoms with Gasteiger partial charge in [-0.25, -0.2) is 8.78 Å². The predicted octanol–water partition coefficient (Wildman–Crippen LogP) is 4.03. The average molecular weight is 451 g/mol. The number of halogens is 3. The van der Waals surface area contributed by atoms with Gasteiger partial charge >= 0.3 is 0 Å². The van der Waals surface area contributed by atoms with Crippen molar-refractivity contribution in [3.05, 3.63) is 35.0 Å². The van der Waals surface area contributed by atoms with Gasteiger partial charge in [0.25, 0.3) is 5.91 Å². The van der Waals surface area contributed by atoms with Crippen molar-refractivity contribution < 1.29 is 18.3 Å². The first-order valence-electron chi connectivity index (χ1n) is 10.6. The minimum Gasteiger partial charge on any atom is -0.373 e. The molecule has 1 atom stereocenters. The minimum absolute atomic E-state index is 0.0556. The Morgan fingerprint density at radius 3 is 2.87 bits per heavy atom. The van der Waals surface area contributed by atoms with Crippen LogP contribution in [0, 0.1) is 17.4 Å². The molecule has 1 aliphatic carbocycles. The summed E-state index contributed by atoms with van der Waals surface area (Å²) in [6, 6.07) is 5.46. The molecule has 1 N–H and O–H groups in total. The van der Waals surface area contributed by atoms with Gasteiger partial charge in [-0.15, -0.1) is 0 Å². The zero-order valence-electron chi connectivity index (χ0n) is 17.1. The molecule has 1 saturated carbocycles. The van der Waals surface area contributed by atoms with Gasteiger partial charge in [0.05, 0.1) is 48.4 Å². The number of hydrogen-bond donors (Lipinski definition) is 1. The monoisotopic (exact) mass is 450 g/mol. The SMILES string of the molecule is N#CN1CCOC(Cn2cc(C(=O)NCC3CCC(F)(F)CC3)c3c(Cl)cccc32)C1. The summed E-state index contributed by atoms with van der Waals surface area (Å²) in [6.07, 6.45) is 4.30. The first kappa shape index (κ1) is 21.8. The Hall–Kier alpha value is -2.37. The Balaban J connectivity index is 1.50. The Bertz CT molecular complexity index is 993. The Labute approximate surface area is 184 Å². The van der Waals surface area contributed by atoms with Crippen LogP contribution in [0.5, 0.6) is 0 Å². The largest absolute Gasteiger partial charge is 0.373 e. The number of nitrogens with zero attached hydrogens (tertiary/aromatic N) is 3. The summed E-state index contributed by atoms with van der Waals surface area (Å²) >= 11 is 6.43. The number of alkyl halides is 2. The zero-order chi connectivity index (χ0) is 22.0. The molecule has 6 nitrogen and oxygen atoms in total. The molecule has 2 heterocycles. The van der Waals surface area contributed by atoms with Crippen LogP contribution < -0.4 is 5.32 Å². The third-order valence-corrected chi connectivity index (χ3v) is 6.48. The number of morpholine rings is 1. The van der Waals surface area contributed by atoms with E-state index >= 15 is 0 Å². The smallest absolute Gasteiger partial charge is 0.253 e. The minimum atomic E-state index is -2.58. The van der Waals surface area contributed by atoms with Gasteiger partial charge in [0.2, 0.25) is 5.92 Å². The van der Waals surface area contributed by atoms with Gasteiger partial charge in [-0.1, -0.05) is 17.7 Å². The molecule has 1 saturated heterocycles. The standard InChI is InChI=1S/C22H25ClF2N4O2/c23-18-2-1-3-19-20(18)17(13-29(19)12-16-11-28(14-26)8-9-31-16)21(30)27-10-15-4-6-22(24,25)7-5-15/h1-3,13,15-16H,4-12H2,(H,27,30). The van der Waals surface area contributed by atoms with Crippen molar-refractivity contribution in [2.45, 2.75) is 44.3 Å². The van der Waals surface area contributed by atoms with Gasteiger partial charge in [0.15, 0.2) is 6.19 Å². The van der Waals surface area contributed by atoms with Gasteiger partial charge < -0.3 is 19.5 Å². The molecule has 2 aromatic rings. The maximum atomic E-state index is 13.4. The quantitative estimate of drug-likeness (QED) is 0.698. The number of aromatic nitrogens is 1. The van der Waals surface area contributed by atoms with Crippen LogP contribution in [-0.4, -0.2) is 53.6 Å². The number of nitriles is 1. The van der Waals surface area contributed by atoms with Crippen LogP contribution in [0.2, 0.25) is 5.02 Å². The number of fused-ring (bicyclic) bond motifs is 1. The van der Waals surface area contributed by atoms with Gasteiger partial charge in [-0.05, 0) is 30.9 Å². The number of carbonyl (C=O) groups is 1. The summed E-state index contributed by atoms with van der Waals surface area (Å²) in [6.45, 7) is 2.40. The van der Waals surface area contributed by atoms with Crippen LogP contribution in [0.3, 0.4) is 0 Å². The maximum absolute atomic E-state index is 13.4. The van der Waals surface area contributed by atoms with Gasteiger partial charge in [-0.2, -0.15) is 5.26 Å². The van der Waals surface area contributed by atoms with Gasteiger partial charge in [0, 0.05) is 31.0 Å². The second-order valence-corrected chi connectivity index (χ2v) is 8.78. The Morgan fingerprint density at radius 1 is 1.35 bits per heavy atom. The first-order valence-corrected chi connectivity index (χ1v) is 10.9. The van der Waals surface area contributed by atoms with Gasteiger partial charge in [-0.3, -0.25) is 4.79 Å². The lowest BCUT2D eigenvalue weighted by Crippen LogP contribution is -2.41. The molecular weight excluding hydrogens is 426 g/mol. The van der Waals surface area contributed by atoms with Crippen molar-refractivity contribution in [3.63, 3.8) is 0 Å². The molecule has 0 bridgehead atoms. The van der Waals surface area contributed by atoms with Crippen molar-refractivity contribution >= 4 is 28.4 Å². The molecule has 4 rings (SSSR count). The average Bonchev–Trinajstić information content (AvgIpc) is 3.13. The van der Waals surface area contributed by atoms with Crippen LogP contribution in [0.15, 0.2) is 24.4 Å². The van der Waals surface area contributed by atoms with E-state index in [4.69, 9.17) is 21.6 Å². The molecule has 1 amide bonds. The normalized spacial score (nSPS) is 21.7. The summed E-state index contributed by atoms with van der Waals surface area (Å²) in [5.74, 6) is -2.79. The first-order chi connectivity index (χ1) is 14.9. The van der Waals surface area contributed by atoms with E-state index in [0.717, 1.165) is 5.52 Å². The number of amides is 1. The van der Waals surface area contributed by atoms with Crippen LogP contribution >= 0.6 is 11.6 Å². The number of hydrogen-bond acceptors (Lipinski definition) is 4. The third kappa shape index (κ3) is 4.94. The molecule has 0 spiro atoms. The number of benzene rings is 1. The van der Waals surface area contributed by atoms with E-state index in [9.17, 15) is 13.6 Å². The van der Waals surface area contributed by atoms with Crippen molar-refractivity contribution in [2.75, 3.05) is 26.2 Å². The number of carbonyl (C=O) groups excluding carboxylic acids is 1. The summed E-state index contributed by atoms with van der Waals surface area (Å²) in [7, 11) is 0. The van der Waals surface area contributed by atoms with Gasteiger partial charge in [0.1, 0.15) is 0 Å². The molecule has 9 heteroatoms. The second kappa shape index (κ2) is 9.01. The van der Waals surface area contributed by atoms with E-state index in [1.807, 2.05) is 16.7 Å². The summed E-state index contributed by atoms with van der Waals surface area (Å²) < 4.78 is 34.5. The van der Waals surface area contributed by atoms with Crippen molar-refractivity contribution in [3.8, 4) is 6.19 Å². The molecule has 1 aliphatic heterocycles. The zero-order valence-corrected chi connectivity index (χ0v) is 17.9. The topological polar surface area (TPSA) is 70.3 Å². The van der Waals surface area contributed by atoms with Crippen LogP contribution in [0.25, 0.3) is 10.9 Å². The van der Waals surface area contributed by atoms with E-state index in [1.165, 1.54) is 0 Å². The van der Waals surface area contributed by atoms with E-state index in [0.29, 0.717) is 61.6 Å². The molecular formula is C22H25ClF2N4O2. The maximum Gasteiger partial charge on any atom is 0.253 e. The molecule has 166 valence electrons. The fourth-order valence-electron chi connectivity index (χ4n) is 4.41. The lowest BCUT2D eigenvalue weighted by Gasteiger charge is -2.29.